The van der Waals surface area contributed by atoms with Gasteiger partial charge in [-0.25, -0.2) is 0 Å². The van der Waals surface area contributed by atoms with Gasteiger partial charge in [-0.15, -0.1) is 0 Å². The molecule has 1 N–H and O–H groups in total. The lowest BCUT2D eigenvalue weighted by Crippen LogP contribution is -2.38. The number of hydrogen-bond acceptors (Lipinski definition) is 4. The summed E-state index contributed by atoms with van der Waals surface area (Å²) in [6.45, 7) is 0.593. The van der Waals surface area contributed by atoms with Crippen LogP contribution in [0, 0.1) is 0 Å². The van der Waals surface area contributed by atoms with E-state index in [1.165, 1.54) is 0 Å². The molecule has 1 heterocycles. The van der Waals surface area contributed by atoms with E-state index >= 15 is 0 Å². The van der Waals surface area contributed by atoms with Crippen molar-refractivity contribution in [1.29, 1.82) is 0 Å². The van der Waals surface area contributed by atoms with Gasteiger partial charge < -0.3 is 19.2 Å². The summed E-state index contributed by atoms with van der Waals surface area (Å²) in [7, 11) is -0.956. The normalized spacial score (nSPS) is 21.1. The van der Waals surface area contributed by atoms with E-state index in [1.54, 1.807) is 12.1 Å². The smallest absolute Gasteiger partial charge is 0.423 e. The topological polar surface area (TPSA) is 47.9 Å². The van der Waals surface area contributed by atoms with Crippen molar-refractivity contribution in [3.63, 3.8) is 0 Å². The molecule has 1 aromatic carbocycles. The Morgan fingerprint density at radius 1 is 1.36 bits per heavy atom. The van der Waals surface area contributed by atoms with Gasteiger partial charge in [0.1, 0.15) is 6.79 Å². The van der Waals surface area contributed by atoms with Crippen LogP contribution in [0.1, 0.15) is 0 Å². The highest BCUT2D eigenvalue weighted by molar-refractivity contribution is 6.59. The molecule has 1 unspecified atom stereocenters. The van der Waals surface area contributed by atoms with Crippen LogP contribution in [0.15, 0.2) is 30.3 Å². The molecule has 0 spiro atoms. The molecule has 0 bridgehead atoms. The summed E-state index contributed by atoms with van der Waals surface area (Å²) in [6.07, 6.45) is -0.467. The molecule has 1 atom stereocenters. The van der Waals surface area contributed by atoms with Crippen LogP contribution in [0.5, 0.6) is 0 Å². The van der Waals surface area contributed by atoms with Crippen LogP contribution < -0.4 is 5.46 Å². The third-order valence-corrected chi connectivity index (χ3v) is 1.96. The van der Waals surface area contributed by atoms with E-state index in [0.29, 0.717) is 12.1 Å². The molecule has 0 aliphatic carbocycles. The second kappa shape index (κ2) is 4.57. The zero-order valence-corrected chi connectivity index (χ0v) is 7.63. The predicted molar refractivity (Wildman–Crippen MR) is 50.8 cm³/mol. The molecule has 74 valence electrons. The summed E-state index contributed by atoms with van der Waals surface area (Å²) in [6, 6.07) is 9.15. The van der Waals surface area contributed by atoms with Crippen LogP contribution in [0.3, 0.4) is 0 Å². The van der Waals surface area contributed by atoms with Gasteiger partial charge in [0.05, 0.1) is 6.61 Å². The molecule has 0 radical (unpaired) electrons. The summed E-state index contributed by atoms with van der Waals surface area (Å²) in [5, 5.41) is 9.62. The van der Waals surface area contributed by atoms with Gasteiger partial charge in [-0.1, -0.05) is 30.3 Å². The SMILES string of the molecule is OB(OC1COCO1)c1ccccc1. The quantitative estimate of drug-likeness (QED) is 0.672. The lowest BCUT2D eigenvalue weighted by molar-refractivity contribution is -0.0495. The van der Waals surface area contributed by atoms with Gasteiger partial charge >= 0.3 is 7.12 Å². The molecule has 1 fully saturated rings. The maximum absolute atomic E-state index is 9.62. The van der Waals surface area contributed by atoms with Crippen molar-refractivity contribution in [2.45, 2.75) is 6.29 Å². The first kappa shape index (κ1) is 9.67. The largest absolute Gasteiger partial charge is 0.493 e. The highest BCUT2D eigenvalue weighted by atomic mass is 16.8. The molecule has 1 aromatic rings. The summed E-state index contributed by atoms with van der Waals surface area (Å²) in [5.74, 6) is 0. The second-order valence-corrected chi connectivity index (χ2v) is 2.98. The Bertz CT molecular complexity index is 273. The van der Waals surface area contributed by atoms with Gasteiger partial charge in [0.15, 0.2) is 6.29 Å². The predicted octanol–water partition coefficient (Wildman–Crippen LogP) is -0.279. The lowest BCUT2D eigenvalue weighted by Gasteiger charge is -2.12. The lowest BCUT2D eigenvalue weighted by atomic mass is 9.80. The van der Waals surface area contributed by atoms with E-state index in [4.69, 9.17) is 14.1 Å². The molecule has 0 aromatic heterocycles. The van der Waals surface area contributed by atoms with Crippen LogP contribution in [0.25, 0.3) is 0 Å². The van der Waals surface area contributed by atoms with Gasteiger partial charge in [0.2, 0.25) is 0 Å². The van der Waals surface area contributed by atoms with E-state index in [2.05, 4.69) is 0 Å². The first-order valence-electron chi connectivity index (χ1n) is 4.44. The molecule has 5 heteroatoms. The van der Waals surface area contributed by atoms with Gasteiger partial charge in [-0.3, -0.25) is 0 Å². The Morgan fingerprint density at radius 3 is 2.79 bits per heavy atom. The third kappa shape index (κ3) is 2.33. The van der Waals surface area contributed by atoms with Crippen molar-refractivity contribution in [1.82, 2.24) is 0 Å². The maximum atomic E-state index is 9.62. The Balaban J connectivity index is 1.92. The van der Waals surface area contributed by atoms with Gasteiger partial charge in [0, 0.05) is 0 Å². The molecule has 0 amide bonds. The van der Waals surface area contributed by atoms with E-state index < -0.39 is 13.4 Å². The van der Waals surface area contributed by atoms with Crippen molar-refractivity contribution >= 4 is 12.6 Å². The average molecular weight is 194 g/mol. The minimum Gasteiger partial charge on any atom is -0.423 e. The van der Waals surface area contributed by atoms with Crippen molar-refractivity contribution in [3.05, 3.63) is 30.3 Å². The van der Waals surface area contributed by atoms with Gasteiger partial charge in [-0.05, 0) is 5.46 Å². The first-order valence-corrected chi connectivity index (χ1v) is 4.44. The standard InChI is InChI=1S/C9H11BO4/c11-10(8-4-2-1-3-5-8)14-9-6-12-7-13-9/h1-5,9,11H,6-7H2. The molecule has 1 aliphatic rings. The van der Waals surface area contributed by atoms with Crippen molar-refractivity contribution in [2.24, 2.45) is 0 Å². The Morgan fingerprint density at radius 2 is 2.14 bits per heavy atom. The van der Waals surface area contributed by atoms with Crippen LogP contribution in [-0.2, 0) is 14.1 Å². The minimum atomic E-state index is -0.956. The average Bonchev–Trinajstić information content (AvgIpc) is 2.72. The van der Waals surface area contributed by atoms with Gasteiger partial charge in [0.25, 0.3) is 0 Å². The number of benzene rings is 1. The molecule has 0 saturated carbocycles. The van der Waals surface area contributed by atoms with Crippen LogP contribution >= 0.6 is 0 Å². The molecular formula is C9H11BO4. The zero-order chi connectivity index (χ0) is 9.80. The molecule has 1 aliphatic heterocycles. The van der Waals surface area contributed by atoms with Crippen LogP contribution in [0.2, 0.25) is 0 Å². The molecular weight excluding hydrogens is 183 g/mol. The number of rotatable bonds is 3. The van der Waals surface area contributed by atoms with E-state index in [9.17, 15) is 5.02 Å². The molecule has 2 rings (SSSR count). The summed E-state index contributed by atoms with van der Waals surface area (Å²) >= 11 is 0. The molecule has 14 heavy (non-hydrogen) atoms. The van der Waals surface area contributed by atoms with Crippen LogP contribution in [0.4, 0.5) is 0 Å². The van der Waals surface area contributed by atoms with Crippen molar-refractivity contribution in [2.75, 3.05) is 13.4 Å². The van der Waals surface area contributed by atoms with E-state index in [0.717, 1.165) is 0 Å². The van der Waals surface area contributed by atoms with Crippen LogP contribution in [-0.4, -0.2) is 31.8 Å². The van der Waals surface area contributed by atoms with Gasteiger partial charge in [-0.2, -0.15) is 0 Å². The van der Waals surface area contributed by atoms with E-state index in [-0.39, 0.29) is 6.79 Å². The number of ether oxygens (including phenoxy) is 2. The summed E-state index contributed by atoms with van der Waals surface area (Å²) in [5.41, 5.74) is 0.711. The fourth-order valence-corrected chi connectivity index (χ4v) is 1.24. The fraction of sp³-hybridized carbons (Fsp3) is 0.333. The Labute approximate surface area is 82.5 Å². The summed E-state index contributed by atoms with van der Waals surface area (Å²) < 4.78 is 15.2. The second-order valence-electron chi connectivity index (χ2n) is 2.98. The zero-order valence-electron chi connectivity index (χ0n) is 7.63. The molecule has 1 saturated heterocycles. The molecule has 4 nitrogen and oxygen atoms in total. The monoisotopic (exact) mass is 194 g/mol. The van der Waals surface area contributed by atoms with Crippen molar-refractivity contribution in [3.8, 4) is 0 Å². The Kier molecular flexibility index (Phi) is 3.16. The Hall–Kier alpha value is -0.875. The highest BCUT2D eigenvalue weighted by Crippen LogP contribution is 2.05. The fourth-order valence-electron chi connectivity index (χ4n) is 1.24. The number of hydrogen-bond donors (Lipinski definition) is 1. The summed E-state index contributed by atoms with van der Waals surface area (Å²) in [4.78, 5) is 0. The minimum absolute atomic E-state index is 0.228. The first-order chi connectivity index (χ1) is 6.86. The third-order valence-electron chi connectivity index (χ3n) is 1.96. The maximum Gasteiger partial charge on any atom is 0.493 e. The van der Waals surface area contributed by atoms with E-state index in [1.807, 2.05) is 18.2 Å². The van der Waals surface area contributed by atoms with Crippen molar-refractivity contribution < 1.29 is 19.2 Å². The highest BCUT2D eigenvalue weighted by Gasteiger charge is 2.25.